The number of carbonyl (C=O) groups is 3. The minimum absolute atomic E-state index is 0.273. The van der Waals surface area contributed by atoms with Crippen LogP contribution in [0.2, 0.25) is 0 Å². The van der Waals surface area contributed by atoms with Crippen LogP contribution in [-0.2, 0) is 24.7 Å². The molecule has 1 aliphatic heterocycles. The number of ether oxygens (including phenoxy) is 1. The van der Waals surface area contributed by atoms with Gasteiger partial charge in [-0.25, -0.2) is 0 Å². The monoisotopic (exact) mass is 380 g/mol. The van der Waals surface area contributed by atoms with Crippen LogP contribution in [0.4, 0.5) is 5.69 Å². The maximum atomic E-state index is 13.4. The number of carbonyl (C=O) groups excluding carboxylic acids is 3. The molecular formula is C22H24N2O4. The minimum Gasteiger partial charge on any atom is -0.463 e. The van der Waals surface area contributed by atoms with E-state index >= 15 is 0 Å². The van der Waals surface area contributed by atoms with Gasteiger partial charge in [-0.2, -0.15) is 0 Å². The van der Waals surface area contributed by atoms with E-state index in [1.807, 2.05) is 43.3 Å². The fourth-order valence-electron chi connectivity index (χ4n) is 3.57. The Morgan fingerprint density at radius 3 is 2.46 bits per heavy atom. The highest BCUT2D eigenvalue weighted by Gasteiger charge is 2.52. The van der Waals surface area contributed by atoms with Crippen LogP contribution in [0.15, 0.2) is 48.5 Å². The molecule has 1 atom stereocenters. The van der Waals surface area contributed by atoms with Crippen LogP contribution in [0.3, 0.4) is 0 Å². The standard InChI is InChI=1S/C22H24N2O4/c1-14(2)28-20(26)13-19(25)23-22(16-8-6-5-7-9-16)17-12-15(3)10-11-18(17)24(4)21(22)27/h5-12,14H,13H2,1-4H3,(H,23,25). The SMILES string of the molecule is Cc1ccc2c(c1)C(NC(=O)CC(=O)OC(C)C)(c1ccccc1)C(=O)N2C. The van der Waals surface area contributed by atoms with Gasteiger partial charge in [0.15, 0.2) is 5.54 Å². The van der Waals surface area contributed by atoms with Crippen LogP contribution in [0, 0.1) is 6.92 Å². The molecule has 1 aliphatic rings. The number of fused-ring (bicyclic) bond motifs is 1. The minimum atomic E-state index is -1.38. The van der Waals surface area contributed by atoms with Crippen LogP contribution >= 0.6 is 0 Å². The molecule has 0 bridgehead atoms. The van der Waals surface area contributed by atoms with Crippen molar-refractivity contribution in [3.63, 3.8) is 0 Å². The first kappa shape index (κ1) is 19.6. The molecule has 2 aromatic carbocycles. The second-order valence-corrected chi connectivity index (χ2v) is 7.26. The third kappa shape index (κ3) is 3.38. The Morgan fingerprint density at radius 2 is 1.82 bits per heavy atom. The highest BCUT2D eigenvalue weighted by molar-refractivity contribution is 6.12. The number of rotatable bonds is 5. The molecule has 0 aliphatic carbocycles. The van der Waals surface area contributed by atoms with Crippen LogP contribution in [-0.4, -0.2) is 30.9 Å². The first-order valence-electron chi connectivity index (χ1n) is 9.21. The van der Waals surface area contributed by atoms with Gasteiger partial charge >= 0.3 is 5.97 Å². The van der Waals surface area contributed by atoms with E-state index in [0.29, 0.717) is 11.1 Å². The van der Waals surface area contributed by atoms with Crippen molar-refractivity contribution >= 4 is 23.5 Å². The third-order valence-corrected chi connectivity index (χ3v) is 4.75. The van der Waals surface area contributed by atoms with Crippen LogP contribution in [0.25, 0.3) is 0 Å². The zero-order chi connectivity index (χ0) is 20.5. The van der Waals surface area contributed by atoms with Crippen molar-refractivity contribution in [2.24, 2.45) is 0 Å². The van der Waals surface area contributed by atoms with E-state index in [1.54, 1.807) is 33.0 Å². The van der Waals surface area contributed by atoms with E-state index in [0.717, 1.165) is 11.3 Å². The highest BCUT2D eigenvalue weighted by atomic mass is 16.5. The Hall–Kier alpha value is -3.15. The van der Waals surface area contributed by atoms with E-state index in [4.69, 9.17) is 4.74 Å². The Labute approximate surface area is 164 Å². The summed E-state index contributed by atoms with van der Waals surface area (Å²) in [6.45, 7) is 5.37. The lowest BCUT2D eigenvalue weighted by Crippen LogP contribution is -2.53. The largest absolute Gasteiger partial charge is 0.463 e. The predicted octanol–water partition coefficient (Wildman–Crippen LogP) is 2.67. The molecular weight excluding hydrogens is 356 g/mol. The smallest absolute Gasteiger partial charge is 0.315 e. The fraction of sp³-hybridized carbons (Fsp3) is 0.318. The zero-order valence-electron chi connectivity index (χ0n) is 16.5. The van der Waals surface area contributed by atoms with Crippen LogP contribution in [0.5, 0.6) is 0 Å². The normalized spacial score (nSPS) is 18.2. The van der Waals surface area contributed by atoms with Gasteiger partial charge < -0.3 is 15.0 Å². The Bertz CT molecular complexity index is 923. The first-order chi connectivity index (χ1) is 13.3. The summed E-state index contributed by atoms with van der Waals surface area (Å²) in [5, 5.41) is 2.85. The van der Waals surface area contributed by atoms with E-state index in [2.05, 4.69) is 5.32 Å². The molecule has 0 aromatic heterocycles. The van der Waals surface area contributed by atoms with Gasteiger partial charge in [-0.3, -0.25) is 14.4 Å². The zero-order valence-corrected chi connectivity index (χ0v) is 16.5. The molecule has 2 amide bonds. The van der Waals surface area contributed by atoms with Crippen molar-refractivity contribution in [1.82, 2.24) is 5.32 Å². The Kier molecular flexibility index (Phi) is 5.23. The number of anilines is 1. The maximum absolute atomic E-state index is 13.4. The van der Waals surface area contributed by atoms with Crippen molar-refractivity contribution in [2.45, 2.75) is 38.8 Å². The number of nitrogens with one attached hydrogen (secondary N) is 1. The molecule has 0 radical (unpaired) electrons. The Morgan fingerprint density at radius 1 is 1.14 bits per heavy atom. The number of likely N-dealkylation sites (N-methyl/N-ethyl adjacent to an activating group) is 1. The lowest BCUT2D eigenvalue weighted by atomic mass is 9.83. The predicted molar refractivity (Wildman–Crippen MR) is 106 cm³/mol. The van der Waals surface area contributed by atoms with E-state index < -0.39 is 23.8 Å². The van der Waals surface area contributed by atoms with Crippen molar-refractivity contribution in [3.05, 3.63) is 65.2 Å². The molecule has 28 heavy (non-hydrogen) atoms. The van der Waals surface area contributed by atoms with Crippen molar-refractivity contribution in [1.29, 1.82) is 0 Å². The fourth-order valence-corrected chi connectivity index (χ4v) is 3.57. The average Bonchev–Trinajstić information content (AvgIpc) is 2.84. The van der Waals surface area contributed by atoms with Gasteiger partial charge in [-0.05, 0) is 32.4 Å². The summed E-state index contributed by atoms with van der Waals surface area (Å²) in [5.74, 6) is -1.46. The maximum Gasteiger partial charge on any atom is 0.315 e. The molecule has 0 fully saturated rings. The second-order valence-electron chi connectivity index (χ2n) is 7.26. The van der Waals surface area contributed by atoms with E-state index in [9.17, 15) is 14.4 Å². The van der Waals surface area contributed by atoms with Crippen molar-refractivity contribution in [2.75, 3.05) is 11.9 Å². The van der Waals surface area contributed by atoms with E-state index in [-0.39, 0.29) is 12.0 Å². The Balaban J connectivity index is 2.07. The number of aryl methyl sites for hydroxylation is 1. The van der Waals surface area contributed by atoms with Crippen LogP contribution < -0.4 is 10.2 Å². The molecule has 6 heteroatoms. The number of amides is 2. The van der Waals surface area contributed by atoms with Gasteiger partial charge in [0.05, 0.1) is 6.10 Å². The van der Waals surface area contributed by atoms with Gasteiger partial charge in [0.1, 0.15) is 6.42 Å². The van der Waals surface area contributed by atoms with Gasteiger partial charge in [-0.1, -0.05) is 48.0 Å². The number of hydrogen-bond acceptors (Lipinski definition) is 4. The number of esters is 1. The van der Waals surface area contributed by atoms with Gasteiger partial charge in [0, 0.05) is 18.3 Å². The topological polar surface area (TPSA) is 75.7 Å². The second kappa shape index (κ2) is 7.46. The van der Waals surface area contributed by atoms with Gasteiger partial charge in [0.2, 0.25) is 5.91 Å². The molecule has 1 heterocycles. The van der Waals surface area contributed by atoms with E-state index in [1.165, 1.54) is 4.90 Å². The molecule has 0 saturated heterocycles. The highest BCUT2D eigenvalue weighted by Crippen LogP contribution is 2.44. The molecule has 3 rings (SSSR count). The summed E-state index contributed by atoms with van der Waals surface area (Å²) in [6.07, 6.45) is -0.767. The summed E-state index contributed by atoms with van der Waals surface area (Å²) in [7, 11) is 1.68. The molecule has 0 spiro atoms. The lowest BCUT2D eigenvalue weighted by molar-refractivity contribution is -0.150. The summed E-state index contributed by atoms with van der Waals surface area (Å²) in [6, 6.07) is 14.8. The van der Waals surface area contributed by atoms with Crippen molar-refractivity contribution in [3.8, 4) is 0 Å². The number of nitrogens with zero attached hydrogens (tertiary/aromatic N) is 1. The molecule has 6 nitrogen and oxygen atoms in total. The summed E-state index contributed by atoms with van der Waals surface area (Å²) in [4.78, 5) is 39.6. The summed E-state index contributed by atoms with van der Waals surface area (Å²) >= 11 is 0. The first-order valence-corrected chi connectivity index (χ1v) is 9.21. The molecule has 146 valence electrons. The van der Waals surface area contributed by atoms with Gasteiger partial charge in [-0.15, -0.1) is 0 Å². The van der Waals surface area contributed by atoms with Crippen molar-refractivity contribution < 1.29 is 19.1 Å². The lowest BCUT2D eigenvalue weighted by Gasteiger charge is -2.30. The third-order valence-electron chi connectivity index (χ3n) is 4.75. The molecule has 1 N–H and O–H groups in total. The average molecular weight is 380 g/mol. The van der Waals surface area contributed by atoms with Gasteiger partial charge in [0.25, 0.3) is 5.91 Å². The molecule has 0 saturated carbocycles. The molecule has 1 unspecified atom stereocenters. The summed E-state index contributed by atoms with van der Waals surface area (Å²) in [5.41, 5.74) is 1.64. The number of benzene rings is 2. The van der Waals surface area contributed by atoms with Crippen LogP contribution in [0.1, 0.15) is 37.0 Å². The quantitative estimate of drug-likeness (QED) is 0.639. The molecule has 2 aromatic rings. The summed E-state index contributed by atoms with van der Waals surface area (Å²) < 4.78 is 5.07. The number of hydrogen-bond donors (Lipinski definition) is 1.